The lowest BCUT2D eigenvalue weighted by Gasteiger charge is -2.22. The van der Waals surface area contributed by atoms with Gasteiger partial charge in [0.1, 0.15) is 40.5 Å². The fourth-order valence-electron chi connectivity index (χ4n) is 9.94. The lowest BCUT2D eigenvalue weighted by atomic mass is 10.1. The van der Waals surface area contributed by atoms with Crippen LogP contribution in [0.5, 0.6) is 0 Å². The predicted molar refractivity (Wildman–Crippen MR) is 296 cm³/mol. The highest BCUT2D eigenvalue weighted by molar-refractivity contribution is 14.1. The summed E-state index contributed by atoms with van der Waals surface area (Å²) >= 11 is 14.5. The Balaban J connectivity index is 0.000000173. The topological polar surface area (TPSA) is 241 Å². The number of imidazole rings is 2. The van der Waals surface area contributed by atoms with Gasteiger partial charge in [0.25, 0.3) is 23.7 Å². The van der Waals surface area contributed by atoms with Gasteiger partial charge in [-0.15, -0.1) is 6.42 Å². The molecule has 4 fully saturated rings. The number of hydrogen-bond acceptors (Lipinski definition) is 12. The second-order valence-corrected chi connectivity index (χ2v) is 20.9. The molecule has 10 rings (SSSR count). The molecule has 6 atom stereocenters. The molecule has 0 spiro atoms. The quantitative estimate of drug-likeness (QED) is 0.0380. The molecule has 6 heterocycles. The van der Waals surface area contributed by atoms with Crippen molar-refractivity contribution in [1.29, 1.82) is 0 Å². The number of benzene rings is 2. The van der Waals surface area contributed by atoms with E-state index >= 15 is 0 Å². The molecule has 4 amide bonds. The third kappa shape index (κ3) is 11.6. The zero-order valence-electron chi connectivity index (χ0n) is 43.0. The van der Waals surface area contributed by atoms with Crippen LogP contribution in [0.15, 0.2) is 62.2 Å². The van der Waals surface area contributed by atoms with Crippen molar-refractivity contribution in [2.45, 2.75) is 73.8 Å². The van der Waals surface area contributed by atoms with Crippen LogP contribution in [0.3, 0.4) is 0 Å². The maximum absolute atomic E-state index is 13.6. The summed E-state index contributed by atoms with van der Waals surface area (Å²) in [5.41, 5.74) is 14.4. The first kappa shape index (κ1) is 58.0. The maximum atomic E-state index is 13.6. The van der Waals surface area contributed by atoms with Crippen molar-refractivity contribution in [3.63, 3.8) is 0 Å². The number of methoxy groups -OCH3 is 2. The molecule has 6 aromatic rings. The van der Waals surface area contributed by atoms with Gasteiger partial charge in [0, 0.05) is 63.4 Å². The molecule has 0 radical (unpaired) electrons. The number of anilines is 2. The minimum Gasteiger partial charge on any atom is -0.383 e. The van der Waals surface area contributed by atoms with Crippen LogP contribution in [0.25, 0.3) is 22.1 Å². The Labute approximate surface area is 473 Å². The Hall–Kier alpha value is -7.17. The molecule has 1 unspecified atom stereocenters. The summed E-state index contributed by atoms with van der Waals surface area (Å²) in [6.07, 6.45) is 11.6. The lowest BCUT2D eigenvalue weighted by Crippen LogP contribution is -2.37. The first-order valence-electron chi connectivity index (χ1n) is 24.3. The maximum Gasteiger partial charge on any atom is 0.270 e. The van der Waals surface area contributed by atoms with Gasteiger partial charge >= 0.3 is 0 Å². The summed E-state index contributed by atoms with van der Waals surface area (Å²) < 4.78 is 70.7. The van der Waals surface area contributed by atoms with E-state index in [2.05, 4.69) is 84.3 Å². The van der Waals surface area contributed by atoms with Gasteiger partial charge in [0.05, 0.1) is 82.1 Å². The second kappa shape index (κ2) is 23.3. The Kier molecular flexibility index (Phi) is 17.1. The van der Waals surface area contributed by atoms with Crippen molar-refractivity contribution < 1.29 is 46.2 Å². The average Bonchev–Trinajstić information content (AvgIpc) is 4.07. The van der Waals surface area contributed by atoms with E-state index in [9.17, 15) is 36.7 Å². The summed E-state index contributed by atoms with van der Waals surface area (Å²) in [6.45, 7) is 8.58. The molecule has 6 N–H and O–H groups in total. The molecule has 79 heavy (non-hydrogen) atoms. The molecule has 416 valence electrons. The van der Waals surface area contributed by atoms with Crippen LogP contribution in [0.4, 0.5) is 29.2 Å². The number of terminal acetylenes is 1. The van der Waals surface area contributed by atoms with E-state index in [4.69, 9.17) is 50.6 Å². The summed E-state index contributed by atoms with van der Waals surface area (Å²) in [5, 5.41) is 15.6. The van der Waals surface area contributed by atoms with Crippen molar-refractivity contribution in [2.24, 2.45) is 11.5 Å². The standard InChI is InChI=1S/C26H26ClF2N7O3.C16H21N5O3.C10H6ClF2IN2/c1-4-22(37)34-11-15(8-16(34)12-39-3)36-25(31-2)23(24(30)38)18(33-36)6-5-14-7-19-20(9-17(14)27)35(13-32-19)21-10-26(21,28)29;1-5-12-14(15(17)23)16(18-3)21(19-12)10-7-11(9-24-4)20(8-10)13(22)6-2;11-5-1-8-7(2-6(5)14)15-4-16(8)9-3-10(9,12)13/h4,7,9,13,15-16,21,31H,1,8,10-12H2,2-3H3,(H2,30,38);1,6,10-11,18H,2,7-9H2,3-4H3,(H2,17,23);1-2,4,9H,3H2/t15-,16+,21?;10-,11+;9-/m000/s1. The Morgan fingerprint density at radius 1 is 0.759 bits per heavy atom. The van der Waals surface area contributed by atoms with Crippen LogP contribution in [0, 0.1) is 27.8 Å². The average molecular weight is 1240 g/mol. The number of amides is 4. The smallest absolute Gasteiger partial charge is 0.270 e. The third-order valence-corrected chi connectivity index (χ3v) is 15.7. The predicted octanol–water partition coefficient (Wildman–Crippen LogP) is 6.83. The van der Waals surface area contributed by atoms with Crippen LogP contribution < -0.4 is 22.1 Å². The largest absolute Gasteiger partial charge is 0.383 e. The minimum absolute atomic E-state index is 0.0965. The molecule has 2 aromatic carbocycles. The number of carbonyl (C=O) groups is 4. The first-order chi connectivity index (χ1) is 37.6. The fourth-order valence-corrected chi connectivity index (χ4v) is 10.8. The Morgan fingerprint density at radius 2 is 1.19 bits per heavy atom. The molecule has 2 saturated heterocycles. The normalized spacial score (nSPS) is 21.2. The second-order valence-electron chi connectivity index (χ2n) is 18.9. The van der Waals surface area contributed by atoms with Gasteiger partial charge < -0.3 is 50.5 Å². The number of rotatable bonds is 14. The highest BCUT2D eigenvalue weighted by Crippen LogP contribution is 2.54. The van der Waals surface area contributed by atoms with E-state index in [1.165, 1.54) is 33.9 Å². The lowest BCUT2D eigenvalue weighted by molar-refractivity contribution is -0.128. The zero-order chi connectivity index (χ0) is 57.4. The van der Waals surface area contributed by atoms with Gasteiger partial charge in [-0.1, -0.05) is 42.3 Å². The van der Waals surface area contributed by atoms with Gasteiger partial charge in [0.15, 0.2) is 5.69 Å². The van der Waals surface area contributed by atoms with E-state index in [-0.39, 0.29) is 76.4 Å². The SMILES string of the molecule is C#Cc1nn([C@H]2C[C@H](COC)N(C(=O)C=C)C2)c(NC)c1C(N)=O.C=CC(=O)N1C[C@@H](n2nc(C#Cc3cc4ncn(C5CC5(F)F)c4cc3Cl)c(C(N)=O)c2NC)C[C@@H]1COC.FC1(F)C[C@@H]1n1cnc2cc(I)c(Cl)cc21. The fraction of sp³-hybridized carbons (Fsp3) is 0.385. The summed E-state index contributed by atoms with van der Waals surface area (Å²) in [4.78, 5) is 60.3. The van der Waals surface area contributed by atoms with E-state index in [0.717, 1.165) is 3.57 Å². The van der Waals surface area contributed by atoms with Crippen molar-refractivity contribution in [3.05, 3.63) is 104 Å². The number of aromatic nitrogens is 8. The van der Waals surface area contributed by atoms with Crippen LogP contribution in [-0.4, -0.2) is 151 Å². The number of nitrogens with two attached hydrogens (primary N) is 2. The molecule has 27 heteroatoms. The Bertz CT molecular complexity index is 3530. The Morgan fingerprint density at radius 3 is 1.59 bits per heavy atom. The number of hydrogen-bond donors (Lipinski definition) is 4. The van der Waals surface area contributed by atoms with Gasteiger partial charge in [-0.05, 0) is 83.7 Å². The van der Waals surface area contributed by atoms with Crippen molar-refractivity contribution >= 4 is 103 Å². The monoisotopic (exact) mass is 1240 g/mol. The van der Waals surface area contributed by atoms with E-state index in [1.54, 1.807) is 71.7 Å². The number of nitrogens with one attached hydrogen (secondary N) is 2. The number of nitrogens with zero attached hydrogens (tertiary/aromatic N) is 10. The van der Waals surface area contributed by atoms with Gasteiger partial charge in [-0.25, -0.2) is 36.9 Å². The highest BCUT2D eigenvalue weighted by Gasteiger charge is 2.59. The van der Waals surface area contributed by atoms with Gasteiger partial charge in [0.2, 0.25) is 11.8 Å². The molecule has 2 saturated carbocycles. The summed E-state index contributed by atoms with van der Waals surface area (Å²) in [7, 11) is 6.44. The molecule has 4 aromatic heterocycles. The number of likely N-dealkylation sites (tertiary alicyclic amines) is 2. The first-order valence-corrected chi connectivity index (χ1v) is 26.2. The van der Waals surface area contributed by atoms with Crippen LogP contribution in [0.2, 0.25) is 10.0 Å². The number of halogens is 7. The zero-order valence-corrected chi connectivity index (χ0v) is 46.6. The summed E-state index contributed by atoms with van der Waals surface area (Å²) in [6, 6.07) is 4.21. The van der Waals surface area contributed by atoms with E-state index in [0.29, 0.717) is 83.4 Å². The third-order valence-electron chi connectivity index (χ3n) is 13.9. The van der Waals surface area contributed by atoms with Gasteiger partial charge in [-0.2, -0.15) is 10.2 Å². The number of carbonyl (C=O) groups excluding carboxylic acids is 4. The number of alkyl halides is 4. The van der Waals surface area contributed by atoms with E-state index < -0.39 is 35.7 Å². The summed E-state index contributed by atoms with van der Waals surface area (Å²) in [5.74, 6) is 1.87. The van der Waals surface area contributed by atoms with E-state index in [1.807, 2.05) is 0 Å². The van der Waals surface area contributed by atoms with Crippen molar-refractivity contribution in [1.82, 2.24) is 48.5 Å². The molecule has 0 bridgehead atoms. The molecular weight excluding hydrogens is 1190 g/mol. The number of primary amides is 2. The van der Waals surface area contributed by atoms with Crippen LogP contribution in [-0.2, 0) is 19.1 Å². The van der Waals surface area contributed by atoms with Crippen molar-refractivity contribution in [2.75, 3.05) is 65.3 Å². The number of ether oxygens (including phenoxy) is 2. The highest BCUT2D eigenvalue weighted by atomic mass is 127. The molecule has 4 aliphatic rings. The molecular formula is C52H53Cl2F4IN14O6. The minimum atomic E-state index is -2.76. The van der Waals surface area contributed by atoms with Crippen LogP contribution in [0.1, 0.15) is 87.5 Å². The van der Waals surface area contributed by atoms with Crippen LogP contribution >= 0.6 is 45.8 Å². The molecule has 20 nitrogen and oxygen atoms in total. The molecule has 2 aliphatic heterocycles. The number of fused-ring (bicyclic) bond motifs is 2. The molecule has 2 aliphatic carbocycles. The van der Waals surface area contributed by atoms with Crippen molar-refractivity contribution in [3.8, 4) is 24.2 Å². The van der Waals surface area contributed by atoms with Gasteiger partial charge in [-0.3, -0.25) is 19.2 Å².